The van der Waals surface area contributed by atoms with Crippen LogP contribution in [-0.2, 0) is 21.4 Å². The number of nitrogens with zero attached hydrogens (tertiary/aromatic N) is 3. The molecule has 0 aliphatic rings. The third-order valence-electron chi connectivity index (χ3n) is 4.08. The Labute approximate surface area is 191 Å². The third kappa shape index (κ3) is 7.44. The molecule has 0 radical (unpaired) electrons. The third-order valence-corrected chi connectivity index (χ3v) is 6.92. The Bertz CT molecular complexity index is 966. The average molecular weight is 494 g/mol. The zero-order valence-electron chi connectivity index (χ0n) is 16.9. The monoisotopic (exact) mass is 493 g/mol. The van der Waals surface area contributed by atoms with Crippen molar-refractivity contribution in [2.45, 2.75) is 23.9 Å². The lowest BCUT2D eigenvalue weighted by atomic mass is 10.2. The van der Waals surface area contributed by atoms with Crippen LogP contribution in [0.15, 0.2) is 35.5 Å². The van der Waals surface area contributed by atoms with Crippen molar-refractivity contribution in [1.29, 1.82) is 0 Å². The van der Waals surface area contributed by atoms with Crippen LogP contribution in [0.3, 0.4) is 0 Å². The standard InChI is InChI=1S/C18H25Cl2N5O3S2/c1-24(2)7-8-25-12-14(11-21-25)22-18(26)16(6-9-29-3)23-30(27,28)17-10-13(19)4-5-15(17)20/h4-5,10-12,16,23H,6-9H2,1-3H3,(H,22,26). The van der Waals surface area contributed by atoms with E-state index in [1.165, 1.54) is 36.2 Å². The highest BCUT2D eigenvalue weighted by atomic mass is 35.5. The Hall–Kier alpha value is -1.30. The second-order valence-electron chi connectivity index (χ2n) is 6.81. The molecule has 8 nitrogen and oxygen atoms in total. The maximum atomic E-state index is 12.8. The van der Waals surface area contributed by atoms with Crippen molar-refractivity contribution in [2.75, 3.05) is 38.0 Å². The first kappa shape index (κ1) is 25.0. The molecule has 2 rings (SSSR count). The molecule has 1 aromatic carbocycles. The summed E-state index contributed by atoms with van der Waals surface area (Å²) >= 11 is 13.5. The number of hydrogen-bond donors (Lipinski definition) is 2. The molecule has 2 N–H and O–H groups in total. The molecule has 1 aromatic heterocycles. The second kappa shape index (κ2) is 11.4. The van der Waals surface area contributed by atoms with E-state index in [1.54, 1.807) is 10.9 Å². The van der Waals surface area contributed by atoms with Crippen molar-refractivity contribution in [2.24, 2.45) is 0 Å². The summed E-state index contributed by atoms with van der Waals surface area (Å²) in [5.41, 5.74) is 0.493. The number of hydrogen-bond acceptors (Lipinski definition) is 6. The van der Waals surface area contributed by atoms with Gasteiger partial charge in [-0.2, -0.15) is 21.6 Å². The first-order chi connectivity index (χ1) is 14.1. The van der Waals surface area contributed by atoms with E-state index in [9.17, 15) is 13.2 Å². The van der Waals surface area contributed by atoms with Crippen LogP contribution in [0.2, 0.25) is 10.0 Å². The van der Waals surface area contributed by atoms with Crippen molar-refractivity contribution in [3.63, 3.8) is 0 Å². The fourth-order valence-corrected chi connectivity index (χ4v) is 4.96. The van der Waals surface area contributed by atoms with Crippen LogP contribution in [0.5, 0.6) is 0 Å². The second-order valence-corrected chi connectivity index (χ2v) is 10.3. The summed E-state index contributed by atoms with van der Waals surface area (Å²) in [5, 5.41) is 7.19. The zero-order valence-corrected chi connectivity index (χ0v) is 20.1. The Morgan fingerprint density at radius 3 is 2.73 bits per heavy atom. The van der Waals surface area contributed by atoms with Gasteiger partial charge in [0.05, 0.1) is 23.5 Å². The number of carbonyl (C=O) groups is 1. The number of rotatable bonds is 11. The molecule has 0 spiro atoms. The number of nitrogens with one attached hydrogen (secondary N) is 2. The molecule has 0 aliphatic carbocycles. The molecule has 0 bridgehead atoms. The molecule has 0 saturated carbocycles. The van der Waals surface area contributed by atoms with E-state index in [0.29, 0.717) is 24.4 Å². The SMILES string of the molecule is CSCCC(NS(=O)(=O)c1cc(Cl)ccc1Cl)C(=O)Nc1cnn(CCN(C)C)c1. The van der Waals surface area contributed by atoms with E-state index in [4.69, 9.17) is 23.2 Å². The van der Waals surface area contributed by atoms with Crippen LogP contribution >= 0.6 is 35.0 Å². The molecule has 0 aliphatic heterocycles. The lowest BCUT2D eigenvalue weighted by molar-refractivity contribution is -0.117. The van der Waals surface area contributed by atoms with Gasteiger partial charge < -0.3 is 10.2 Å². The van der Waals surface area contributed by atoms with Gasteiger partial charge in [-0.15, -0.1) is 0 Å². The Balaban J connectivity index is 2.14. The number of thioether (sulfide) groups is 1. The van der Waals surface area contributed by atoms with E-state index >= 15 is 0 Å². The molecule has 1 amide bonds. The molecule has 30 heavy (non-hydrogen) atoms. The first-order valence-corrected chi connectivity index (χ1v) is 12.7. The van der Waals surface area contributed by atoms with Crippen molar-refractivity contribution in [3.05, 3.63) is 40.6 Å². The van der Waals surface area contributed by atoms with E-state index < -0.39 is 22.0 Å². The van der Waals surface area contributed by atoms with Gasteiger partial charge in [-0.3, -0.25) is 9.48 Å². The summed E-state index contributed by atoms with van der Waals surface area (Å²) in [6, 6.07) is 3.17. The summed E-state index contributed by atoms with van der Waals surface area (Å²) in [6.07, 6.45) is 5.42. The fourth-order valence-electron chi connectivity index (χ4n) is 2.50. The van der Waals surface area contributed by atoms with Gasteiger partial charge in [0.1, 0.15) is 10.9 Å². The Morgan fingerprint density at radius 2 is 2.07 bits per heavy atom. The number of sulfonamides is 1. The Morgan fingerprint density at radius 1 is 1.33 bits per heavy atom. The highest BCUT2D eigenvalue weighted by Gasteiger charge is 2.27. The van der Waals surface area contributed by atoms with Gasteiger partial charge in [0.2, 0.25) is 15.9 Å². The van der Waals surface area contributed by atoms with Crippen LogP contribution in [0.25, 0.3) is 0 Å². The lowest BCUT2D eigenvalue weighted by Gasteiger charge is -2.18. The first-order valence-electron chi connectivity index (χ1n) is 9.06. The maximum Gasteiger partial charge on any atom is 0.242 e. The van der Waals surface area contributed by atoms with Crippen LogP contribution in [0.4, 0.5) is 5.69 Å². The number of anilines is 1. The molecule has 1 unspecified atom stereocenters. The molecule has 1 heterocycles. The van der Waals surface area contributed by atoms with Crippen LogP contribution < -0.4 is 10.0 Å². The number of carbonyl (C=O) groups excluding carboxylic acids is 1. The topological polar surface area (TPSA) is 96.3 Å². The normalized spacial score (nSPS) is 12.9. The van der Waals surface area contributed by atoms with Crippen LogP contribution in [0, 0.1) is 0 Å². The quantitative estimate of drug-likeness (QED) is 0.499. The van der Waals surface area contributed by atoms with Crippen molar-refractivity contribution < 1.29 is 13.2 Å². The van der Waals surface area contributed by atoms with Crippen molar-refractivity contribution >= 4 is 56.6 Å². The van der Waals surface area contributed by atoms with E-state index in [1.807, 2.05) is 25.3 Å². The molecular weight excluding hydrogens is 469 g/mol. The molecule has 12 heteroatoms. The largest absolute Gasteiger partial charge is 0.322 e. The predicted octanol–water partition coefficient (Wildman–Crippen LogP) is 2.79. The van der Waals surface area contributed by atoms with Gasteiger partial charge in [0.15, 0.2) is 0 Å². The lowest BCUT2D eigenvalue weighted by Crippen LogP contribution is -2.44. The minimum Gasteiger partial charge on any atom is -0.322 e. The van der Waals surface area contributed by atoms with Crippen molar-refractivity contribution in [1.82, 2.24) is 19.4 Å². The number of amides is 1. The molecule has 1 atom stereocenters. The zero-order chi connectivity index (χ0) is 22.3. The maximum absolute atomic E-state index is 12.8. The number of likely N-dealkylation sites (N-methyl/N-ethyl adjacent to an activating group) is 1. The van der Waals surface area contributed by atoms with E-state index in [-0.39, 0.29) is 14.9 Å². The Kier molecular flexibility index (Phi) is 9.45. The molecule has 166 valence electrons. The smallest absolute Gasteiger partial charge is 0.242 e. The fraction of sp³-hybridized carbons (Fsp3) is 0.444. The molecule has 2 aromatic rings. The van der Waals surface area contributed by atoms with Crippen LogP contribution in [-0.4, -0.2) is 67.7 Å². The van der Waals surface area contributed by atoms with Gasteiger partial charge in [-0.1, -0.05) is 23.2 Å². The summed E-state index contributed by atoms with van der Waals surface area (Å²) < 4.78 is 29.8. The molecular formula is C18H25Cl2N5O3S2. The van der Waals surface area contributed by atoms with Gasteiger partial charge in [0, 0.05) is 17.8 Å². The highest BCUT2D eigenvalue weighted by Crippen LogP contribution is 2.25. The summed E-state index contributed by atoms with van der Waals surface area (Å²) in [4.78, 5) is 14.7. The molecule has 0 fully saturated rings. The summed E-state index contributed by atoms with van der Waals surface area (Å²) in [5.74, 6) is 0.115. The van der Waals surface area contributed by atoms with Gasteiger partial charge in [-0.25, -0.2) is 8.42 Å². The van der Waals surface area contributed by atoms with E-state index in [0.717, 1.165) is 6.54 Å². The van der Waals surface area contributed by atoms with Gasteiger partial charge in [-0.05, 0) is 50.7 Å². The number of benzene rings is 1. The van der Waals surface area contributed by atoms with E-state index in [2.05, 4.69) is 15.1 Å². The van der Waals surface area contributed by atoms with Gasteiger partial charge in [0.25, 0.3) is 0 Å². The summed E-state index contributed by atoms with van der Waals surface area (Å²) in [7, 11) is -0.138. The summed E-state index contributed by atoms with van der Waals surface area (Å²) in [6.45, 7) is 1.46. The minimum absolute atomic E-state index is 0.0260. The van der Waals surface area contributed by atoms with Crippen LogP contribution in [0.1, 0.15) is 6.42 Å². The van der Waals surface area contributed by atoms with Gasteiger partial charge >= 0.3 is 0 Å². The predicted molar refractivity (Wildman–Crippen MR) is 123 cm³/mol. The highest BCUT2D eigenvalue weighted by molar-refractivity contribution is 7.98. The van der Waals surface area contributed by atoms with Crippen molar-refractivity contribution in [3.8, 4) is 0 Å². The number of aromatic nitrogens is 2. The molecule has 0 saturated heterocycles. The average Bonchev–Trinajstić information content (AvgIpc) is 3.12. The minimum atomic E-state index is -4.06. The number of halogens is 2.